The molecule has 1 fully saturated rings. The van der Waals surface area contributed by atoms with E-state index in [-0.39, 0.29) is 48.6 Å². The van der Waals surface area contributed by atoms with Crippen LogP contribution in [-0.2, 0) is 14.3 Å². The predicted molar refractivity (Wildman–Crippen MR) is 156 cm³/mol. The zero-order valence-electron chi connectivity index (χ0n) is 24.8. The number of ketones is 1. The van der Waals surface area contributed by atoms with Gasteiger partial charge in [0, 0.05) is 18.5 Å². The van der Waals surface area contributed by atoms with Crippen LogP contribution in [0.25, 0.3) is 0 Å². The number of benzene rings is 1. The van der Waals surface area contributed by atoms with Crippen LogP contribution >= 0.6 is 0 Å². The molecule has 1 heterocycles. The van der Waals surface area contributed by atoms with Gasteiger partial charge < -0.3 is 9.64 Å². The highest BCUT2D eigenvalue weighted by atomic mass is 19.2. The molecule has 1 saturated heterocycles. The van der Waals surface area contributed by atoms with Crippen LogP contribution in [-0.4, -0.2) is 66.9 Å². The van der Waals surface area contributed by atoms with E-state index < -0.39 is 11.7 Å². The van der Waals surface area contributed by atoms with Gasteiger partial charge in [-0.25, -0.2) is 8.78 Å². The molecular formula is C33H48F2N2O3. The van der Waals surface area contributed by atoms with Gasteiger partial charge in [0.25, 0.3) is 0 Å². The Labute approximate surface area is 239 Å². The number of halogens is 2. The number of carbonyl (C=O) groups is 2. The highest BCUT2D eigenvalue weighted by molar-refractivity contribution is 5.98. The number of ether oxygens (including phenoxy) is 1. The lowest BCUT2D eigenvalue weighted by atomic mass is 9.87. The van der Waals surface area contributed by atoms with Crippen molar-refractivity contribution in [2.45, 2.75) is 84.7 Å². The molecule has 1 aliphatic carbocycles. The highest BCUT2D eigenvalue weighted by Crippen LogP contribution is 2.32. The molecule has 1 aliphatic heterocycles. The van der Waals surface area contributed by atoms with Gasteiger partial charge in [0.05, 0.1) is 12.5 Å². The van der Waals surface area contributed by atoms with Crippen LogP contribution in [0.2, 0.25) is 0 Å². The molecule has 1 aromatic carbocycles. The van der Waals surface area contributed by atoms with E-state index in [1.165, 1.54) is 0 Å². The molecule has 3 rings (SSSR count). The third kappa shape index (κ3) is 9.07. The topological polar surface area (TPSA) is 49.9 Å². The number of hydrogen-bond donors (Lipinski definition) is 0. The fourth-order valence-electron chi connectivity index (χ4n) is 6.11. The van der Waals surface area contributed by atoms with Crippen molar-refractivity contribution >= 4 is 11.8 Å². The lowest BCUT2D eigenvalue weighted by Crippen LogP contribution is -2.48. The summed E-state index contributed by atoms with van der Waals surface area (Å²) < 4.78 is 33.9. The number of piperidine rings is 1. The van der Waals surface area contributed by atoms with E-state index in [1.807, 2.05) is 35.2 Å². The lowest BCUT2D eigenvalue weighted by Gasteiger charge is -2.38. The molecule has 0 bridgehead atoms. The van der Waals surface area contributed by atoms with Crippen LogP contribution in [0.3, 0.4) is 0 Å². The minimum Gasteiger partial charge on any atom is -0.460 e. The average Bonchev–Trinajstić information content (AvgIpc) is 2.93. The first-order valence-corrected chi connectivity index (χ1v) is 15.3. The van der Waals surface area contributed by atoms with Gasteiger partial charge in [0.1, 0.15) is 11.9 Å². The SMILES string of the molecule is CCCC1CCN(CC(=O)C2=CC(F)=C(F)CC2C)CC1OC(=O)C(CCN(CCC)CCC)c1ccccc1. The summed E-state index contributed by atoms with van der Waals surface area (Å²) in [5.74, 6) is -2.61. The summed E-state index contributed by atoms with van der Waals surface area (Å²) >= 11 is 0. The van der Waals surface area contributed by atoms with Crippen molar-refractivity contribution in [3.05, 3.63) is 59.2 Å². The fraction of sp³-hybridized carbons (Fsp3) is 0.636. The molecule has 1 aromatic rings. The molecule has 40 heavy (non-hydrogen) atoms. The number of esters is 1. The highest BCUT2D eigenvalue weighted by Gasteiger charge is 2.35. The molecule has 0 N–H and O–H groups in total. The van der Waals surface area contributed by atoms with Crippen LogP contribution in [0.1, 0.15) is 84.1 Å². The van der Waals surface area contributed by atoms with Crippen molar-refractivity contribution in [3.63, 3.8) is 0 Å². The van der Waals surface area contributed by atoms with Gasteiger partial charge in [-0.1, -0.05) is 64.4 Å². The molecule has 4 atom stereocenters. The zero-order chi connectivity index (χ0) is 29.1. The van der Waals surface area contributed by atoms with Gasteiger partial charge in [0.15, 0.2) is 11.6 Å². The molecular weight excluding hydrogens is 510 g/mol. The third-order valence-electron chi connectivity index (χ3n) is 8.25. The summed E-state index contributed by atoms with van der Waals surface area (Å²) in [7, 11) is 0. The van der Waals surface area contributed by atoms with E-state index in [9.17, 15) is 18.4 Å². The number of likely N-dealkylation sites (tertiary alicyclic amines) is 1. The quantitative estimate of drug-likeness (QED) is 0.217. The Kier molecular flexibility index (Phi) is 13.0. The number of Topliss-reactive ketones (excluding diaryl/α,β-unsaturated/α-hetero) is 1. The molecule has 0 aromatic heterocycles. The lowest BCUT2D eigenvalue weighted by molar-refractivity contribution is -0.157. The van der Waals surface area contributed by atoms with Crippen LogP contribution in [0.4, 0.5) is 8.78 Å². The predicted octanol–water partition coefficient (Wildman–Crippen LogP) is 7.00. The Morgan fingerprint density at radius 3 is 2.40 bits per heavy atom. The molecule has 2 aliphatic rings. The van der Waals surface area contributed by atoms with Crippen LogP contribution in [0.15, 0.2) is 53.6 Å². The van der Waals surface area contributed by atoms with E-state index in [0.717, 1.165) is 63.4 Å². The first kappa shape index (κ1) is 32.1. The van der Waals surface area contributed by atoms with Crippen LogP contribution in [0, 0.1) is 11.8 Å². The van der Waals surface area contributed by atoms with Crippen molar-refractivity contribution in [2.24, 2.45) is 11.8 Å². The fourth-order valence-corrected chi connectivity index (χ4v) is 6.11. The first-order valence-electron chi connectivity index (χ1n) is 15.3. The second kappa shape index (κ2) is 16.2. The summed E-state index contributed by atoms with van der Waals surface area (Å²) in [6.07, 6.45) is 6.26. The number of carbonyl (C=O) groups excluding carboxylic acids is 2. The Hall–Kier alpha value is -2.38. The van der Waals surface area contributed by atoms with Gasteiger partial charge in [-0.2, -0.15) is 0 Å². The molecule has 5 nitrogen and oxygen atoms in total. The average molecular weight is 559 g/mol. The van der Waals surface area contributed by atoms with Gasteiger partial charge in [-0.15, -0.1) is 0 Å². The Morgan fingerprint density at radius 2 is 1.75 bits per heavy atom. The van der Waals surface area contributed by atoms with Crippen LogP contribution < -0.4 is 0 Å². The van der Waals surface area contributed by atoms with E-state index in [0.29, 0.717) is 25.1 Å². The molecule has 222 valence electrons. The standard InChI is InChI=1S/C33H48F2N2O3/c1-5-11-26-14-18-37(22-31(38)28-21-30(35)29(34)20-24(28)4)23-32(26)40-33(39)27(25-12-9-8-10-13-25)15-19-36(16-6-2)17-7-3/h8-10,12-13,21,24,26-27,32H,5-7,11,14-20,22-23H2,1-4H3. The maximum atomic E-state index is 13.9. The summed E-state index contributed by atoms with van der Waals surface area (Å²) in [6.45, 7) is 12.4. The Morgan fingerprint density at radius 1 is 1.05 bits per heavy atom. The number of nitrogens with zero attached hydrogens (tertiary/aromatic N) is 2. The smallest absolute Gasteiger partial charge is 0.313 e. The molecule has 0 radical (unpaired) electrons. The van der Waals surface area contributed by atoms with Crippen molar-refractivity contribution in [1.29, 1.82) is 0 Å². The van der Waals surface area contributed by atoms with E-state index in [2.05, 4.69) is 25.7 Å². The second-order valence-corrected chi connectivity index (χ2v) is 11.5. The molecule has 0 amide bonds. The number of rotatable bonds is 15. The van der Waals surface area contributed by atoms with Crippen LogP contribution in [0.5, 0.6) is 0 Å². The first-order chi connectivity index (χ1) is 19.3. The third-order valence-corrected chi connectivity index (χ3v) is 8.25. The summed E-state index contributed by atoms with van der Waals surface area (Å²) in [4.78, 5) is 31.3. The van der Waals surface area contributed by atoms with Crippen molar-refractivity contribution in [1.82, 2.24) is 9.80 Å². The van der Waals surface area contributed by atoms with Crippen molar-refractivity contribution in [3.8, 4) is 0 Å². The minimum atomic E-state index is -0.946. The van der Waals surface area contributed by atoms with E-state index in [1.54, 1.807) is 6.92 Å². The summed E-state index contributed by atoms with van der Waals surface area (Å²) in [6, 6.07) is 9.88. The van der Waals surface area contributed by atoms with Crippen molar-refractivity contribution < 1.29 is 23.1 Å². The van der Waals surface area contributed by atoms with Crippen molar-refractivity contribution in [2.75, 3.05) is 39.3 Å². The van der Waals surface area contributed by atoms with Gasteiger partial charge in [0.2, 0.25) is 0 Å². The van der Waals surface area contributed by atoms with Gasteiger partial charge in [-0.05, 0) is 81.8 Å². The molecule has 4 unspecified atom stereocenters. The largest absolute Gasteiger partial charge is 0.460 e. The monoisotopic (exact) mass is 558 g/mol. The maximum Gasteiger partial charge on any atom is 0.313 e. The van der Waals surface area contributed by atoms with E-state index >= 15 is 0 Å². The molecule has 0 spiro atoms. The van der Waals surface area contributed by atoms with E-state index in [4.69, 9.17) is 4.74 Å². The minimum absolute atomic E-state index is 0.0863. The number of hydrogen-bond acceptors (Lipinski definition) is 5. The normalized spacial score (nSPS) is 22.8. The van der Waals surface area contributed by atoms with Gasteiger partial charge >= 0.3 is 5.97 Å². The Balaban J connectivity index is 1.72. The second-order valence-electron chi connectivity index (χ2n) is 11.5. The number of allylic oxidation sites excluding steroid dienone is 3. The molecule has 0 saturated carbocycles. The maximum absolute atomic E-state index is 13.9. The zero-order valence-corrected chi connectivity index (χ0v) is 24.8. The molecule has 7 heteroatoms. The summed E-state index contributed by atoms with van der Waals surface area (Å²) in [5.41, 5.74) is 1.30. The Bertz CT molecular complexity index is 1020. The van der Waals surface area contributed by atoms with Gasteiger partial charge in [-0.3, -0.25) is 14.5 Å². The summed E-state index contributed by atoms with van der Waals surface area (Å²) in [5, 5.41) is 0.